The standard InChI is InChI=1S/C21H28FN5OS/c1-24-9-3-4-18(15-24)25-10-12-26(13-11-25)20(28)19-14-23-21(29-2)27(19)17-7-5-16(22)6-8-17/h5-8,14,18H,3-4,9-13,15H2,1-2H3. The number of nitrogens with zero attached hydrogens (tertiary/aromatic N) is 5. The number of amides is 1. The maximum Gasteiger partial charge on any atom is 0.272 e. The second kappa shape index (κ2) is 8.85. The fourth-order valence-electron chi connectivity index (χ4n) is 4.36. The van der Waals surface area contributed by atoms with Gasteiger partial charge in [-0.25, -0.2) is 9.37 Å². The molecule has 8 heteroatoms. The number of piperidine rings is 1. The van der Waals surface area contributed by atoms with Crippen LogP contribution in [0.15, 0.2) is 35.6 Å². The molecule has 156 valence electrons. The van der Waals surface area contributed by atoms with Crippen LogP contribution in [0.1, 0.15) is 23.3 Å². The van der Waals surface area contributed by atoms with Crippen molar-refractivity contribution in [2.75, 3.05) is 52.6 Å². The monoisotopic (exact) mass is 417 g/mol. The number of rotatable bonds is 4. The Balaban J connectivity index is 1.48. The van der Waals surface area contributed by atoms with Gasteiger partial charge in [0.25, 0.3) is 5.91 Å². The van der Waals surface area contributed by atoms with Crippen molar-refractivity contribution in [1.82, 2.24) is 24.3 Å². The van der Waals surface area contributed by atoms with E-state index in [0.717, 1.165) is 43.6 Å². The van der Waals surface area contributed by atoms with Gasteiger partial charge < -0.3 is 9.80 Å². The molecule has 1 amide bonds. The predicted octanol–water partition coefficient (Wildman–Crippen LogP) is 2.59. The zero-order chi connectivity index (χ0) is 20.4. The predicted molar refractivity (Wildman–Crippen MR) is 113 cm³/mol. The number of benzene rings is 1. The van der Waals surface area contributed by atoms with Gasteiger partial charge in [0.2, 0.25) is 0 Å². The Morgan fingerprint density at radius 1 is 1.14 bits per heavy atom. The van der Waals surface area contributed by atoms with Gasteiger partial charge in [-0.1, -0.05) is 11.8 Å². The molecule has 29 heavy (non-hydrogen) atoms. The molecule has 4 rings (SSSR count). The Kier molecular flexibility index (Phi) is 6.22. The molecule has 0 spiro atoms. The molecule has 1 atom stereocenters. The molecule has 1 aromatic heterocycles. The van der Waals surface area contributed by atoms with Crippen LogP contribution < -0.4 is 0 Å². The van der Waals surface area contributed by atoms with Gasteiger partial charge >= 0.3 is 0 Å². The smallest absolute Gasteiger partial charge is 0.272 e. The van der Waals surface area contributed by atoms with Gasteiger partial charge in [-0.2, -0.15) is 0 Å². The Labute approximate surface area is 175 Å². The first-order chi connectivity index (χ1) is 14.1. The number of aromatic nitrogens is 2. The van der Waals surface area contributed by atoms with Gasteiger partial charge in [0.15, 0.2) is 5.16 Å². The number of hydrogen-bond acceptors (Lipinski definition) is 5. The molecule has 2 fully saturated rings. The molecule has 0 bridgehead atoms. The number of thioether (sulfide) groups is 1. The van der Waals surface area contributed by atoms with Crippen LogP contribution in [0.5, 0.6) is 0 Å². The number of hydrogen-bond donors (Lipinski definition) is 0. The number of carbonyl (C=O) groups is 1. The average molecular weight is 418 g/mol. The van der Waals surface area contributed by atoms with E-state index in [-0.39, 0.29) is 11.7 Å². The van der Waals surface area contributed by atoms with Crippen LogP contribution in [0.2, 0.25) is 0 Å². The van der Waals surface area contributed by atoms with E-state index < -0.39 is 0 Å². The van der Waals surface area contributed by atoms with Crippen molar-refractivity contribution in [2.45, 2.75) is 24.0 Å². The van der Waals surface area contributed by atoms with Crippen LogP contribution >= 0.6 is 11.8 Å². The molecule has 1 unspecified atom stereocenters. The van der Waals surface area contributed by atoms with E-state index in [1.54, 1.807) is 18.3 Å². The summed E-state index contributed by atoms with van der Waals surface area (Å²) in [5, 5.41) is 0.726. The minimum Gasteiger partial charge on any atom is -0.335 e. The van der Waals surface area contributed by atoms with Crippen molar-refractivity contribution in [2.24, 2.45) is 0 Å². The molecule has 2 aliphatic rings. The van der Waals surface area contributed by atoms with E-state index in [0.29, 0.717) is 11.7 Å². The fourth-order valence-corrected chi connectivity index (χ4v) is 4.90. The van der Waals surface area contributed by atoms with Crippen LogP contribution in [-0.2, 0) is 0 Å². The quantitative estimate of drug-likeness (QED) is 0.716. The van der Waals surface area contributed by atoms with Crippen LogP contribution in [0.3, 0.4) is 0 Å². The Morgan fingerprint density at radius 3 is 2.52 bits per heavy atom. The summed E-state index contributed by atoms with van der Waals surface area (Å²) in [6, 6.07) is 6.79. The highest BCUT2D eigenvalue weighted by Gasteiger charge is 2.30. The first kappa shape index (κ1) is 20.4. The molecule has 2 aliphatic heterocycles. The van der Waals surface area contributed by atoms with Gasteiger partial charge in [0.1, 0.15) is 11.5 Å². The number of piperazine rings is 1. The maximum atomic E-state index is 13.4. The third-order valence-electron chi connectivity index (χ3n) is 5.93. The first-order valence-electron chi connectivity index (χ1n) is 10.2. The van der Waals surface area contributed by atoms with E-state index in [2.05, 4.69) is 21.8 Å². The summed E-state index contributed by atoms with van der Waals surface area (Å²) in [5.74, 6) is -0.306. The lowest BCUT2D eigenvalue weighted by atomic mass is 10.0. The molecule has 0 N–H and O–H groups in total. The second-order valence-electron chi connectivity index (χ2n) is 7.83. The summed E-state index contributed by atoms with van der Waals surface area (Å²) >= 11 is 1.47. The lowest BCUT2D eigenvalue weighted by Gasteiger charge is -2.42. The largest absolute Gasteiger partial charge is 0.335 e. The summed E-state index contributed by atoms with van der Waals surface area (Å²) in [5.41, 5.74) is 1.28. The molecular formula is C21H28FN5OS. The minimum atomic E-state index is -0.295. The summed E-state index contributed by atoms with van der Waals surface area (Å²) in [7, 11) is 2.19. The van der Waals surface area contributed by atoms with Crippen LogP contribution in [0.4, 0.5) is 4.39 Å². The minimum absolute atomic E-state index is 0.0115. The maximum absolute atomic E-state index is 13.4. The third-order valence-corrected chi connectivity index (χ3v) is 6.59. The Hall–Kier alpha value is -1.90. The highest BCUT2D eigenvalue weighted by Crippen LogP contribution is 2.24. The van der Waals surface area contributed by atoms with Crippen molar-refractivity contribution < 1.29 is 9.18 Å². The zero-order valence-electron chi connectivity index (χ0n) is 17.1. The molecule has 6 nitrogen and oxygen atoms in total. The summed E-state index contributed by atoms with van der Waals surface area (Å²) in [6.07, 6.45) is 6.05. The number of likely N-dealkylation sites (N-methyl/N-ethyl adjacent to an activating group) is 1. The highest BCUT2D eigenvalue weighted by atomic mass is 32.2. The number of carbonyl (C=O) groups excluding carboxylic acids is 1. The molecule has 0 saturated carbocycles. The lowest BCUT2D eigenvalue weighted by molar-refractivity contribution is 0.0446. The summed E-state index contributed by atoms with van der Waals surface area (Å²) < 4.78 is 15.2. The van der Waals surface area contributed by atoms with Gasteiger partial charge in [0.05, 0.1) is 6.20 Å². The summed E-state index contributed by atoms with van der Waals surface area (Å²) in [6.45, 7) is 5.56. The Morgan fingerprint density at radius 2 is 1.86 bits per heavy atom. The molecule has 0 radical (unpaired) electrons. The van der Waals surface area contributed by atoms with Crippen molar-refractivity contribution in [3.8, 4) is 5.69 Å². The molecule has 1 aromatic carbocycles. The van der Waals surface area contributed by atoms with E-state index in [1.165, 1.54) is 43.3 Å². The highest BCUT2D eigenvalue weighted by molar-refractivity contribution is 7.98. The van der Waals surface area contributed by atoms with Gasteiger partial charge in [0, 0.05) is 44.5 Å². The van der Waals surface area contributed by atoms with E-state index in [4.69, 9.17) is 0 Å². The van der Waals surface area contributed by atoms with Crippen molar-refractivity contribution in [3.05, 3.63) is 42.0 Å². The zero-order valence-corrected chi connectivity index (χ0v) is 17.9. The van der Waals surface area contributed by atoms with Crippen LogP contribution in [0.25, 0.3) is 5.69 Å². The van der Waals surface area contributed by atoms with Gasteiger partial charge in [-0.05, 0) is 57.0 Å². The second-order valence-corrected chi connectivity index (χ2v) is 8.60. The molecule has 0 aliphatic carbocycles. The SMILES string of the molecule is CSc1ncc(C(=O)N2CCN(C3CCCN(C)C3)CC2)n1-c1ccc(F)cc1. The van der Waals surface area contributed by atoms with Gasteiger partial charge in [-0.3, -0.25) is 14.3 Å². The van der Waals surface area contributed by atoms with E-state index in [9.17, 15) is 9.18 Å². The third kappa shape index (κ3) is 4.34. The molecular weight excluding hydrogens is 389 g/mol. The molecule has 3 heterocycles. The number of likely N-dealkylation sites (tertiary alicyclic amines) is 1. The van der Waals surface area contributed by atoms with Crippen molar-refractivity contribution in [1.29, 1.82) is 0 Å². The van der Waals surface area contributed by atoms with E-state index >= 15 is 0 Å². The van der Waals surface area contributed by atoms with Crippen LogP contribution in [0, 0.1) is 5.82 Å². The molecule has 2 saturated heterocycles. The molecule has 2 aromatic rings. The fraction of sp³-hybridized carbons (Fsp3) is 0.524. The number of imidazole rings is 1. The van der Waals surface area contributed by atoms with Crippen molar-refractivity contribution >= 4 is 17.7 Å². The first-order valence-corrected chi connectivity index (χ1v) is 11.4. The topological polar surface area (TPSA) is 44.6 Å². The lowest BCUT2D eigenvalue weighted by Crippen LogP contribution is -2.55. The normalized spacial score (nSPS) is 21.5. The van der Waals surface area contributed by atoms with Crippen molar-refractivity contribution in [3.63, 3.8) is 0 Å². The van der Waals surface area contributed by atoms with Crippen LogP contribution in [-0.4, -0.2) is 88.8 Å². The van der Waals surface area contributed by atoms with Gasteiger partial charge in [-0.15, -0.1) is 0 Å². The average Bonchev–Trinajstić information content (AvgIpc) is 3.18. The Bertz CT molecular complexity index is 847. The number of halogens is 1. The summed E-state index contributed by atoms with van der Waals surface area (Å²) in [4.78, 5) is 24.5. The van der Waals surface area contributed by atoms with E-state index in [1.807, 2.05) is 15.7 Å².